The summed E-state index contributed by atoms with van der Waals surface area (Å²) in [6.07, 6.45) is 0.250. The zero-order valence-electron chi connectivity index (χ0n) is 18.3. The highest BCUT2D eigenvalue weighted by molar-refractivity contribution is 7.89. The van der Waals surface area contributed by atoms with Gasteiger partial charge in [0.25, 0.3) is 0 Å². The van der Waals surface area contributed by atoms with Gasteiger partial charge in [-0.25, -0.2) is 8.42 Å². The van der Waals surface area contributed by atoms with E-state index < -0.39 is 16.1 Å². The van der Waals surface area contributed by atoms with Gasteiger partial charge < -0.3 is 14.8 Å². The van der Waals surface area contributed by atoms with E-state index in [1.807, 2.05) is 37.3 Å². The second-order valence-electron chi connectivity index (χ2n) is 7.51. The molecular formula is C23H31N3O5S. The molecule has 8 nitrogen and oxygen atoms in total. The van der Waals surface area contributed by atoms with Crippen molar-refractivity contribution in [2.45, 2.75) is 24.3 Å². The Kier molecular flexibility index (Phi) is 9.04. The van der Waals surface area contributed by atoms with Gasteiger partial charge >= 0.3 is 0 Å². The van der Waals surface area contributed by atoms with E-state index in [4.69, 9.17) is 9.47 Å². The molecule has 1 aliphatic heterocycles. The number of benzene rings is 2. The minimum atomic E-state index is -3.90. The Hall–Kier alpha value is -2.46. The summed E-state index contributed by atoms with van der Waals surface area (Å²) in [5.74, 6) is 0.241. The molecule has 9 heteroatoms. The molecule has 1 aliphatic rings. The summed E-state index contributed by atoms with van der Waals surface area (Å²) >= 11 is 0. The average molecular weight is 462 g/mol. The van der Waals surface area contributed by atoms with Gasteiger partial charge in [0.05, 0.1) is 24.7 Å². The van der Waals surface area contributed by atoms with Crippen LogP contribution in [0.15, 0.2) is 59.5 Å². The van der Waals surface area contributed by atoms with Gasteiger partial charge in [-0.05, 0) is 43.2 Å². The summed E-state index contributed by atoms with van der Waals surface area (Å²) in [7, 11) is -3.90. The molecule has 0 aliphatic carbocycles. The predicted molar refractivity (Wildman–Crippen MR) is 122 cm³/mol. The number of nitrogens with zero attached hydrogens (tertiary/aromatic N) is 1. The fourth-order valence-electron chi connectivity index (χ4n) is 3.46. The number of morpholine rings is 1. The van der Waals surface area contributed by atoms with Crippen molar-refractivity contribution in [1.29, 1.82) is 0 Å². The Bertz CT molecular complexity index is 945. The highest BCUT2D eigenvalue weighted by Crippen LogP contribution is 2.17. The number of sulfonamides is 1. The van der Waals surface area contributed by atoms with Crippen LogP contribution in [0.4, 0.5) is 0 Å². The maximum absolute atomic E-state index is 13.0. The third-order valence-corrected chi connectivity index (χ3v) is 6.66. The summed E-state index contributed by atoms with van der Waals surface area (Å²) in [5.41, 5.74) is 0.871. The molecule has 0 radical (unpaired) electrons. The fraction of sp³-hybridized carbons (Fsp3) is 0.435. The second kappa shape index (κ2) is 12.0. The Morgan fingerprint density at radius 2 is 1.78 bits per heavy atom. The van der Waals surface area contributed by atoms with Crippen molar-refractivity contribution >= 4 is 15.9 Å². The Morgan fingerprint density at radius 3 is 2.44 bits per heavy atom. The molecule has 3 rings (SSSR count). The van der Waals surface area contributed by atoms with E-state index in [9.17, 15) is 13.2 Å². The molecule has 1 atom stereocenters. The lowest BCUT2D eigenvalue weighted by molar-refractivity contribution is -0.122. The van der Waals surface area contributed by atoms with Gasteiger partial charge in [0.15, 0.2) is 0 Å². The molecule has 1 fully saturated rings. The minimum absolute atomic E-state index is 0.0835. The monoisotopic (exact) mass is 461 g/mol. The van der Waals surface area contributed by atoms with Gasteiger partial charge in [0.2, 0.25) is 15.9 Å². The topological polar surface area (TPSA) is 97.0 Å². The first-order valence-corrected chi connectivity index (χ1v) is 12.3. The number of amides is 1. The van der Waals surface area contributed by atoms with E-state index in [1.54, 1.807) is 12.1 Å². The number of rotatable bonds is 11. The third-order valence-electron chi connectivity index (χ3n) is 5.17. The number of nitrogens with one attached hydrogen (secondary N) is 2. The van der Waals surface area contributed by atoms with Crippen molar-refractivity contribution in [1.82, 2.24) is 14.9 Å². The van der Waals surface area contributed by atoms with Crippen molar-refractivity contribution < 1.29 is 22.7 Å². The van der Waals surface area contributed by atoms with Crippen LogP contribution in [0.1, 0.15) is 12.5 Å². The number of hydrogen-bond acceptors (Lipinski definition) is 6. The lowest BCUT2D eigenvalue weighted by atomic mass is 10.1. The van der Waals surface area contributed by atoms with E-state index >= 15 is 0 Å². The maximum atomic E-state index is 13.0. The van der Waals surface area contributed by atoms with Gasteiger partial charge in [0, 0.05) is 26.2 Å². The molecule has 32 heavy (non-hydrogen) atoms. The molecule has 0 bridgehead atoms. The van der Waals surface area contributed by atoms with Crippen LogP contribution in [0, 0.1) is 0 Å². The van der Waals surface area contributed by atoms with Crippen LogP contribution in [-0.4, -0.2) is 71.3 Å². The van der Waals surface area contributed by atoms with Gasteiger partial charge in [-0.15, -0.1) is 0 Å². The van der Waals surface area contributed by atoms with Crippen molar-refractivity contribution in [3.8, 4) is 5.75 Å². The minimum Gasteiger partial charge on any atom is -0.494 e. The van der Waals surface area contributed by atoms with Crippen LogP contribution in [0.2, 0.25) is 0 Å². The summed E-state index contributed by atoms with van der Waals surface area (Å²) in [5, 5.41) is 2.88. The van der Waals surface area contributed by atoms with Crippen LogP contribution in [0.5, 0.6) is 5.75 Å². The van der Waals surface area contributed by atoms with Crippen molar-refractivity contribution in [3.63, 3.8) is 0 Å². The largest absolute Gasteiger partial charge is 0.494 e. The first-order chi connectivity index (χ1) is 15.5. The number of carbonyl (C=O) groups is 1. The molecule has 0 aromatic heterocycles. The standard InChI is InChI=1S/C23H31N3O5S/c1-2-31-20-8-10-21(11-9-20)32(28,29)25-22(18-19-6-4-3-5-7-19)23(27)24-12-13-26-14-16-30-17-15-26/h3-11,22,25H,2,12-18H2,1H3,(H,24,27)/t22-/m1/s1. The summed E-state index contributed by atoms with van der Waals surface area (Å²) in [6, 6.07) is 14.6. The lowest BCUT2D eigenvalue weighted by Crippen LogP contribution is -2.49. The maximum Gasteiger partial charge on any atom is 0.241 e. The quantitative estimate of drug-likeness (QED) is 0.525. The Balaban J connectivity index is 1.67. The van der Waals surface area contributed by atoms with E-state index in [-0.39, 0.29) is 17.2 Å². The van der Waals surface area contributed by atoms with Gasteiger partial charge in [-0.3, -0.25) is 9.69 Å². The number of hydrogen-bond donors (Lipinski definition) is 2. The first kappa shape index (κ1) is 24.2. The normalized spacial score (nSPS) is 15.8. The van der Waals surface area contributed by atoms with E-state index in [2.05, 4.69) is 14.9 Å². The molecule has 1 amide bonds. The summed E-state index contributed by atoms with van der Waals surface area (Å²) < 4.78 is 39.2. The van der Waals surface area contributed by atoms with Gasteiger partial charge in [0.1, 0.15) is 11.8 Å². The van der Waals surface area contributed by atoms with E-state index in [0.29, 0.717) is 38.7 Å². The zero-order valence-corrected chi connectivity index (χ0v) is 19.1. The van der Waals surface area contributed by atoms with E-state index in [0.717, 1.165) is 18.7 Å². The van der Waals surface area contributed by atoms with Crippen LogP contribution < -0.4 is 14.8 Å². The van der Waals surface area contributed by atoms with Crippen LogP contribution in [0.3, 0.4) is 0 Å². The number of carbonyl (C=O) groups excluding carboxylic acids is 1. The summed E-state index contributed by atoms with van der Waals surface area (Å²) in [4.78, 5) is 15.2. The first-order valence-electron chi connectivity index (χ1n) is 10.8. The number of ether oxygens (including phenoxy) is 2. The molecule has 0 spiro atoms. The van der Waals surface area contributed by atoms with E-state index in [1.165, 1.54) is 12.1 Å². The van der Waals surface area contributed by atoms with Crippen molar-refractivity contribution in [2.75, 3.05) is 46.0 Å². The highest BCUT2D eigenvalue weighted by atomic mass is 32.2. The average Bonchev–Trinajstić information content (AvgIpc) is 2.80. The zero-order chi connectivity index (χ0) is 22.8. The molecular weight excluding hydrogens is 430 g/mol. The molecule has 0 saturated carbocycles. The molecule has 2 N–H and O–H groups in total. The van der Waals surface area contributed by atoms with Crippen molar-refractivity contribution in [3.05, 3.63) is 60.2 Å². The Morgan fingerprint density at radius 1 is 1.09 bits per heavy atom. The Labute approximate surface area is 190 Å². The van der Waals surface area contributed by atoms with Crippen LogP contribution in [-0.2, 0) is 26.0 Å². The fourth-order valence-corrected chi connectivity index (χ4v) is 4.66. The van der Waals surface area contributed by atoms with Gasteiger partial charge in [-0.2, -0.15) is 4.72 Å². The second-order valence-corrected chi connectivity index (χ2v) is 9.23. The molecule has 2 aromatic carbocycles. The predicted octanol–water partition coefficient (Wildman–Crippen LogP) is 1.42. The van der Waals surface area contributed by atoms with Crippen LogP contribution in [0.25, 0.3) is 0 Å². The van der Waals surface area contributed by atoms with Crippen molar-refractivity contribution in [2.24, 2.45) is 0 Å². The molecule has 2 aromatic rings. The molecule has 174 valence electrons. The molecule has 1 heterocycles. The molecule has 0 unspecified atom stereocenters. The SMILES string of the molecule is CCOc1ccc(S(=O)(=O)N[C@H](Cc2ccccc2)C(=O)NCCN2CCOCC2)cc1. The third kappa shape index (κ3) is 7.30. The summed E-state index contributed by atoms with van der Waals surface area (Å²) in [6.45, 7) is 6.51. The van der Waals surface area contributed by atoms with Crippen LogP contribution >= 0.6 is 0 Å². The molecule has 1 saturated heterocycles. The highest BCUT2D eigenvalue weighted by Gasteiger charge is 2.26. The smallest absolute Gasteiger partial charge is 0.241 e. The lowest BCUT2D eigenvalue weighted by Gasteiger charge is -2.27. The van der Waals surface area contributed by atoms with Gasteiger partial charge in [-0.1, -0.05) is 30.3 Å².